The minimum Gasteiger partial charge on any atom is -0.351 e. The van der Waals surface area contributed by atoms with Crippen LogP contribution in [0.15, 0.2) is 72.9 Å². The fourth-order valence-corrected chi connectivity index (χ4v) is 6.13. The summed E-state index contributed by atoms with van der Waals surface area (Å²) in [7, 11) is -3.42. The normalized spacial score (nSPS) is 17.5. The molecule has 1 aliphatic rings. The minimum absolute atomic E-state index is 0.271. The molecule has 5 rings (SSSR count). The van der Waals surface area contributed by atoms with Crippen molar-refractivity contribution in [3.8, 4) is 5.69 Å². The largest absolute Gasteiger partial charge is 0.351 e. The molecule has 1 saturated heterocycles. The van der Waals surface area contributed by atoms with Gasteiger partial charge in [-0.1, -0.05) is 18.2 Å². The van der Waals surface area contributed by atoms with Crippen LogP contribution in [-0.2, 0) is 10.0 Å². The summed E-state index contributed by atoms with van der Waals surface area (Å²) in [5.74, 6) is -0.302. The first-order chi connectivity index (χ1) is 18.0. The van der Waals surface area contributed by atoms with E-state index in [4.69, 9.17) is 12.2 Å². The molecule has 10 heteroatoms. The Kier molecular flexibility index (Phi) is 6.70. The molecule has 2 atom stereocenters. The fourth-order valence-electron chi connectivity index (χ4n) is 5.15. The number of benzene rings is 2. The molecule has 0 radical (unpaired) electrons. The Morgan fingerprint density at radius 2 is 1.76 bits per heavy atom. The highest BCUT2D eigenvalue weighted by Crippen LogP contribution is 2.44. The predicted molar refractivity (Wildman–Crippen MR) is 153 cm³/mol. The molecule has 7 nitrogen and oxygen atoms in total. The van der Waals surface area contributed by atoms with Gasteiger partial charge in [-0.15, -0.1) is 0 Å². The van der Waals surface area contributed by atoms with Crippen molar-refractivity contribution in [3.05, 3.63) is 107 Å². The minimum atomic E-state index is -3.42. The van der Waals surface area contributed by atoms with Crippen LogP contribution in [-0.4, -0.2) is 29.3 Å². The first-order valence-corrected chi connectivity index (χ1v) is 14.4. The number of pyridine rings is 1. The van der Waals surface area contributed by atoms with Crippen molar-refractivity contribution >= 4 is 38.7 Å². The maximum atomic E-state index is 14.8. The number of rotatable bonds is 6. The van der Waals surface area contributed by atoms with Crippen LogP contribution in [0.2, 0.25) is 0 Å². The lowest BCUT2D eigenvalue weighted by Gasteiger charge is -2.29. The summed E-state index contributed by atoms with van der Waals surface area (Å²) in [5, 5.41) is 3.96. The molecule has 0 spiro atoms. The summed E-state index contributed by atoms with van der Waals surface area (Å²) in [4.78, 5) is 6.64. The lowest BCUT2D eigenvalue weighted by Crippen LogP contribution is -2.29. The topological polar surface area (TPSA) is 79.3 Å². The first-order valence-electron chi connectivity index (χ1n) is 12.1. The third-order valence-corrected chi connectivity index (χ3v) is 7.67. The number of aryl methyl sites for hydroxylation is 2. The van der Waals surface area contributed by atoms with Crippen LogP contribution in [0, 0.1) is 26.6 Å². The average Bonchev–Trinajstić information content (AvgIpc) is 3.36. The van der Waals surface area contributed by atoms with Crippen molar-refractivity contribution in [1.29, 1.82) is 0 Å². The van der Waals surface area contributed by atoms with Crippen molar-refractivity contribution in [2.45, 2.75) is 32.9 Å². The van der Waals surface area contributed by atoms with E-state index in [0.717, 1.165) is 40.2 Å². The zero-order valence-electron chi connectivity index (χ0n) is 21.4. The predicted octanol–water partition coefficient (Wildman–Crippen LogP) is 5.49. The highest BCUT2D eigenvalue weighted by Gasteiger charge is 2.42. The summed E-state index contributed by atoms with van der Waals surface area (Å²) in [6.07, 6.45) is 2.87. The zero-order chi connectivity index (χ0) is 27.2. The van der Waals surface area contributed by atoms with Crippen LogP contribution < -0.4 is 14.9 Å². The standard InChI is InChI=1S/C28H28FN5O2S2/c1-17-15-20(12-13-23(17)32-38(4,35)36)34-27(26(31-28(34)37)24-10-7-8-14-30-24)21-16-18(2)33(19(21)3)25-11-6-5-9-22(25)29/h5-16,26-27,32H,1-4H3,(H,31,37). The average molecular weight is 550 g/mol. The number of hydrogen-bond acceptors (Lipinski definition) is 4. The van der Waals surface area contributed by atoms with Gasteiger partial charge in [-0.2, -0.15) is 0 Å². The van der Waals surface area contributed by atoms with E-state index < -0.39 is 10.0 Å². The molecule has 0 bridgehead atoms. The van der Waals surface area contributed by atoms with Gasteiger partial charge >= 0.3 is 0 Å². The first kappa shape index (κ1) is 25.9. The third kappa shape index (κ3) is 4.77. The van der Waals surface area contributed by atoms with Crippen LogP contribution in [0.5, 0.6) is 0 Å². The second-order valence-corrected chi connectivity index (χ2v) is 11.6. The molecule has 2 aromatic carbocycles. The third-order valence-electron chi connectivity index (χ3n) is 6.76. The van der Waals surface area contributed by atoms with Crippen molar-refractivity contribution in [1.82, 2.24) is 14.9 Å². The lowest BCUT2D eigenvalue weighted by atomic mass is 9.96. The van der Waals surface area contributed by atoms with Crippen molar-refractivity contribution < 1.29 is 12.8 Å². The van der Waals surface area contributed by atoms with Gasteiger partial charge in [0.2, 0.25) is 10.0 Å². The maximum absolute atomic E-state index is 14.8. The van der Waals surface area contributed by atoms with Gasteiger partial charge in [0.1, 0.15) is 5.82 Å². The number of halogens is 1. The van der Waals surface area contributed by atoms with Gasteiger partial charge in [0, 0.05) is 23.3 Å². The Labute approximate surface area is 227 Å². The van der Waals surface area contributed by atoms with E-state index >= 15 is 0 Å². The van der Waals surface area contributed by atoms with Crippen LogP contribution >= 0.6 is 12.2 Å². The van der Waals surface area contributed by atoms with Gasteiger partial charge in [0.05, 0.1) is 35.4 Å². The molecular formula is C28H28FN5O2S2. The number of nitrogens with one attached hydrogen (secondary N) is 2. The maximum Gasteiger partial charge on any atom is 0.229 e. The van der Waals surface area contributed by atoms with Crippen LogP contribution in [0.25, 0.3) is 5.69 Å². The van der Waals surface area contributed by atoms with Crippen LogP contribution in [0.1, 0.15) is 40.3 Å². The second kappa shape index (κ2) is 9.85. The van der Waals surface area contributed by atoms with Crippen LogP contribution in [0.4, 0.5) is 15.8 Å². The fraction of sp³-hybridized carbons (Fsp3) is 0.214. The van der Waals surface area contributed by atoms with E-state index in [1.54, 1.807) is 24.4 Å². The van der Waals surface area contributed by atoms with Crippen LogP contribution in [0.3, 0.4) is 0 Å². The molecule has 196 valence electrons. The van der Waals surface area contributed by atoms with Gasteiger partial charge in [-0.3, -0.25) is 9.71 Å². The van der Waals surface area contributed by atoms with Crippen molar-refractivity contribution in [2.24, 2.45) is 0 Å². The van der Waals surface area contributed by atoms with Gasteiger partial charge < -0.3 is 14.8 Å². The van der Waals surface area contributed by atoms with E-state index in [-0.39, 0.29) is 17.9 Å². The number of aromatic nitrogens is 2. The molecule has 0 saturated carbocycles. The van der Waals surface area contributed by atoms with E-state index in [1.807, 2.05) is 66.6 Å². The SMILES string of the molecule is Cc1cc(N2C(=S)NC(c3ccccn3)C2c2cc(C)n(-c3ccccc3F)c2C)ccc1NS(C)(=O)=O. The molecule has 1 aliphatic heterocycles. The molecule has 2 unspecified atom stereocenters. The summed E-state index contributed by atoms with van der Waals surface area (Å²) >= 11 is 5.85. The molecule has 1 fully saturated rings. The summed E-state index contributed by atoms with van der Waals surface area (Å²) in [5.41, 5.74) is 6.13. The smallest absolute Gasteiger partial charge is 0.229 e. The molecule has 2 N–H and O–H groups in total. The zero-order valence-corrected chi connectivity index (χ0v) is 23.1. The van der Waals surface area contributed by atoms with Gasteiger partial charge in [0.25, 0.3) is 0 Å². The second-order valence-electron chi connectivity index (χ2n) is 9.48. The molecule has 0 aliphatic carbocycles. The molecule has 2 aromatic heterocycles. The number of sulfonamides is 1. The van der Waals surface area contributed by atoms with E-state index in [0.29, 0.717) is 16.5 Å². The Hall–Kier alpha value is -3.76. The Morgan fingerprint density at radius 1 is 1.03 bits per heavy atom. The Morgan fingerprint density at radius 3 is 2.42 bits per heavy atom. The Bertz CT molecular complexity index is 1640. The summed E-state index contributed by atoms with van der Waals surface area (Å²) in [6, 6.07) is 19.5. The van der Waals surface area contributed by atoms with Gasteiger partial charge in [0.15, 0.2) is 5.11 Å². The molecular weight excluding hydrogens is 521 g/mol. The monoisotopic (exact) mass is 549 g/mol. The van der Waals surface area contributed by atoms with E-state index in [2.05, 4.69) is 21.1 Å². The number of nitrogens with zero attached hydrogens (tertiary/aromatic N) is 3. The number of hydrogen-bond donors (Lipinski definition) is 2. The number of thiocarbonyl (C=S) groups is 1. The molecule has 38 heavy (non-hydrogen) atoms. The summed E-state index contributed by atoms with van der Waals surface area (Å²) < 4.78 is 42.9. The molecule has 3 heterocycles. The molecule has 4 aromatic rings. The Balaban J connectivity index is 1.66. The van der Waals surface area contributed by atoms with E-state index in [1.165, 1.54) is 6.07 Å². The highest BCUT2D eigenvalue weighted by molar-refractivity contribution is 7.92. The van der Waals surface area contributed by atoms with Crippen molar-refractivity contribution in [3.63, 3.8) is 0 Å². The number of para-hydroxylation sites is 1. The quantitative estimate of drug-likeness (QED) is 0.310. The van der Waals surface area contributed by atoms with Crippen molar-refractivity contribution in [2.75, 3.05) is 15.9 Å². The van der Waals surface area contributed by atoms with Gasteiger partial charge in [-0.25, -0.2) is 12.8 Å². The summed E-state index contributed by atoms with van der Waals surface area (Å²) in [6.45, 7) is 5.78. The lowest BCUT2D eigenvalue weighted by molar-refractivity contribution is 0.564. The van der Waals surface area contributed by atoms with E-state index in [9.17, 15) is 12.8 Å². The van der Waals surface area contributed by atoms with Gasteiger partial charge in [-0.05, 0) is 92.6 Å². The highest BCUT2D eigenvalue weighted by atomic mass is 32.2. The molecule has 0 amide bonds. The number of anilines is 2.